The minimum atomic E-state index is -0.520. The number of nitrogens with zero attached hydrogens (tertiary/aromatic N) is 1. The fourth-order valence-electron chi connectivity index (χ4n) is 1.28. The number of hydrogen-bond acceptors (Lipinski definition) is 3. The van der Waals surface area contributed by atoms with E-state index in [1.807, 2.05) is 24.3 Å². The Kier molecular flexibility index (Phi) is 2.44. The molecule has 1 aromatic carbocycles. The van der Waals surface area contributed by atoms with Gasteiger partial charge in [0.05, 0.1) is 19.3 Å². The Bertz CT molecular complexity index is 365. The van der Waals surface area contributed by atoms with Crippen molar-refractivity contribution >= 4 is 21.6 Å². The molecule has 0 aliphatic carbocycles. The molecule has 0 aromatic heterocycles. The smallest absolute Gasteiger partial charge is 0.172 e. The topological polar surface area (TPSA) is 45.0 Å². The molecule has 0 radical (unpaired) electrons. The van der Waals surface area contributed by atoms with E-state index < -0.39 is 5.54 Å². The maximum Gasteiger partial charge on any atom is 0.172 e. The van der Waals surface area contributed by atoms with E-state index in [-0.39, 0.29) is 0 Å². The molecular formula is C10H9BrN2O. The summed E-state index contributed by atoms with van der Waals surface area (Å²) in [7, 11) is 0. The molecule has 0 saturated carbocycles. The summed E-state index contributed by atoms with van der Waals surface area (Å²) in [6, 6.07) is 9.97. The van der Waals surface area contributed by atoms with Gasteiger partial charge < -0.3 is 10.1 Å². The monoisotopic (exact) mass is 252 g/mol. The minimum Gasteiger partial charge on any atom is -0.374 e. The van der Waals surface area contributed by atoms with Gasteiger partial charge in [-0.15, -0.1) is 0 Å². The van der Waals surface area contributed by atoms with Crippen molar-refractivity contribution in [1.29, 1.82) is 5.26 Å². The fraction of sp³-hybridized carbons (Fsp3) is 0.300. The normalized spacial score (nSPS) is 18.0. The molecule has 1 N–H and O–H groups in total. The summed E-state index contributed by atoms with van der Waals surface area (Å²) >= 11 is 3.36. The van der Waals surface area contributed by atoms with Crippen LogP contribution in [0.15, 0.2) is 28.7 Å². The van der Waals surface area contributed by atoms with Gasteiger partial charge in [0.15, 0.2) is 5.54 Å². The second-order valence-electron chi connectivity index (χ2n) is 3.32. The summed E-state index contributed by atoms with van der Waals surface area (Å²) in [6.45, 7) is 0.916. The number of benzene rings is 1. The van der Waals surface area contributed by atoms with Crippen LogP contribution in [-0.2, 0) is 4.74 Å². The lowest BCUT2D eigenvalue weighted by atomic mass is 9.99. The van der Waals surface area contributed by atoms with Crippen molar-refractivity contribution in [3.05, 3.63) is 28.7 Å². The zero-order valence-corrected chi connectivity index (χ0v) is 9.04. The highest BCUT2D eigenvalue weighted by Crippen LogP contribution is 2.23. The Hall–Kier alpha value is -1.05. The van der Waals surface area contributed by atoms with Crippen LogP contribution in [0, 0.1) is 11.3 Å². The van der Waals surface area contributed by atoms with E-state index in [0.29, 0.717) is 13.2 Å². The molecule has 4 heteroatoms. The van der Waals surface area contributed by atoms with Crippen LogP contribution in [0.3, 0.4) is 0 Å². The van der Waals surface area contributed by atoms with Gasteiger partial charge in [0.25, 0.3) is 0 Å². The van der Waals surface area contributed by atoms with Crippen molar-refractivity contribution in [2.75, 3.05) is 18.5 Å². The standard InChI is InChI=1S/C10H9BrN2O/c11-8-1-3-9(4-2-8)13-10(5-12)6-14-7-10/h1-4,13H,6-7H2. The quantitative estimate of drug-likeness (QED) is 0.878. The number of halogens is 1. The van der Waals surface area contributed by atoms with E-state index in [1.54, 1.807) is 0 Å². The highest BCUT2D eigenvalue weighted by atomic mass is 79.9. The Morgan fingerprint density at radius 1 is 1.36 bits per heavy atom. The molecule has 3 nitrogen and oxygen atoms in total. The van der Waals surface area contributed by atoms with Gasteiger partial charge in [0.2, 0.25) is 0 Å². The molecule has 1 heterocycles. The first-order valence-corrected chi connectivity index (χ1v) is 5.06. The summed E-state index contributed by atoms with van der Waals surface area (Å²) in [5.74, 6) is 0. The summed E-state index contributed by atoms with van der Waals surface area (Å²) in [5.41, 5.74) is 0.423. The van der Waals surface area contributed by atoms with Crippen LogP contribution >= 0.6 is 15.9 Å². The third-order valence-electron chi connectivity index (χ3n) is 2.14. The second-order valence-corrected chi connectivity index (χ2v) is 4.23. The number of nitriles is 1. The van der Waals surface area contributed by atoms with Crippen molar-refractivity contribution in [3.8, 4) is 6.07 Å². The van der Waals surface area contributed by atoms with Gasteiger partial charge >= 0.3 is 0 Å². The van der Waals surface area contributed by atoms with Crippen molar-refractivity contribution < 1.29 is 4.74 Å². The lowest BCUT2D eigenvalue weighted by molar-refractivity contribution is -0.0132. The highest BCUT2D eigenvalue weighted by molar-refractivity contribution is 9.10. The number of hydrogen-bond donors (Lipinski definition) is 1. The lowest BCUT2D eigenvalue weighted by Crippen LogP contribution is -2.54. The molecule has 1 aliphatic heterocycles. The van der Waals surface area contributed by atoms with E-state index in [9.17, 15) is 0 Å². The number of nitrogens with one attached hydrogen (secondary N) is 1. The van der Waals surface area contributed by atoms with Crippen molar-refractivity contribution in [2.24, 2.45) is 0 Å². The van der Waals surface area contributed by atoms with E-state index >= 15 is 0 Å². The first-order chi connectivity index (χ1) is 6.74. The van der Waals surface area contributed by atoms with Crippen LogP contribution in [0.5, 0.6) is 0 Å². The Labute approximate surface area is 90.8 Å². The molecule has 1 saturated heterocycles. The van der Waals surface area contributed by atoms with Crippen LogP contribution in [-0.4, -0.2) is 18.8 Å². The van der Waals surface area contributed by atoms with Crippen molar-refractivity contribution in [1.82, 2.24) is 0 Å². The summed E-state index contributed by atoms with van der Waals surface area (Å²) in [6.07, 6.45) is 0. The summed E-state index contributed by atoms with van der Waals surface area (Å²) in [4.78, 5) is 0. The summed E-state index contributed by atoms with van der Waals surface area (Å²) in [5, 5.41) is 12.1. The molecule has 2 rings (SSSR count). The molecule has 0 unspecified atom stereocenters. The highest BCUT2D eigenvalue weighted by Gasteiger charge is 2.38. The molecular weight excluding hydrogens is 244 g/mol. The molecule has 0 atom stereocenters. The first-order valence-electron chi connectivity index (χ1n) is 4.27. The Morgan fingerprint density at radius 3 is 2.43 bits per heavy atom. The maximum absolute atomic E-state index is 8.95. The van der Waals surface area contributed by atoms with E-state index in [2.05, 4.69) is 27.3 Å². The van der Waals surface area contributed by atoms with Crippen LogP contribution in [0.1, 0.15) is 0 Å². The van der Waals surface area contributed by atoms with Crippen LogP contribution in [0.4, 0.5) is 5.69 Å². The van der Waals surface area contributed by atoms with Crippen LogP contribution < -0.4 is 5.32 Å². The zero-order chi connectivity index (χ0) is 10.0. The predicted molar refractivity (Wildman–Crippen MR) is 56.9 cm³/mol. The molecule has 14 heavy (non-hydrogen) atoms. The predicted octanol–water partition coefficient (Wildman–Crippen LogP) is 2.15. The third kappa shape index (κ3) is 1.74. The Balaban J connectivity index is 2.11. The molecule has 72 valence electrons. The molecule has 0 amide bonds. The van der Waals surface area contributed by atoms with E-state index in [4.69, 9.17) is 10.00 Å². The fourth-order valence-corrected chi connectivity index (χ4v) is 1.54. The van der Waals surface area contributed by atoms with Gasteiger partial charge in [0.1, 0.15) is 0 Å². The largest absolute Gasteiger partial charge is 0.374 e. The molecule has 0 spiro atoms. The number of anilines is 1. The van der Waals surface area contributed by atoms with Gasteiger partial charge in [0, 0.05) is 10.2 Å². The van der Waals surface area contributed by atoms with Gasteiger partial charge in [-0.3, -0.25) is 0 Å². The van der Waals surface area contributed by atoms with Crippen molar-refractivity contribution in [3.63, 3.8) is 0 Å². The maximum atomic E-state index is 8.95. The van der Waals surface area contributed by atoms with Gasteiger partial charge in [-0.25, -0.2) is 0 Å². The SMILES string of the molecule is N#CC1(Nc2ccc(Br)cc2)COC1. The minimum absolute atomic E-state index is 0.458. The third-order valence-corrected chi connectivity index (χ3v) is 2.67. The van der Waals surface area contributed by atoms with Crippen molar-refractivity contribution in [2.45, 2.75) is 5.54 Å². The molecule has 1 aliphatic rings. The van der Waals surface area contributed by atoms with Gasteiger partial charge in [-0.2, -0.15) is 5.26 Å². The van der Waals surface area contributed by atoms with E-state index in [1.165, 1.54) is 0 Å². The number of rotatable bonds is 2. The molecule has 1 aromatic rings. The average Bonchev–Trinajstić information content (AvgIpc) is 2.15. The molecule has 0 bridgehead atoms. The Morgan fingerprint density at radius 2 is 2.00 bits per heavy atom. The summed E-state index contributed by atoms with van der Waals surface area (Å²) < 4.78 is 6.06. The number of ether oxygens (including phenoxy) is 1. The first kappa shape index (κ1) is 9.50. The second kappa shape index (κ2) is 3.60. The zero-order valence-electron chi connectivity index (χ0n) is 7.46. The van der Waals surface area contributed by atoms with Crippen LogP contribution in [0.2, 0.25) is 0 Å². The van der Waals surface area contributed by atoms with Crippen LogP contribution in [0.25, 0.3) is 0 Å². The van der Waals surface area contributed by atoms with Gasteiger partial charge in [-0.1, -0.05) is 15.9 Å². The average molecular weight is 253 g/mol. The van der Waals surface area contributed by atoms with E-state index in [0.717, 1.165) is 10.2 Å². The lowest BCUT2D eigenvalue weighted by Gasteiger charge is -2.36. The molecule has 1 fully saturated rings. The van der Waals surface area contributed by atoms with Gasteiger partial charge in [-0.05, 0) is 24.3 Å².